The van der Waals surface area contributed by atoms with E-state index in [4.69, 9.17) is 4.74 Å². The van der Waals surface area contributed by atoms with Gasteiger partial charge < -0.3 is 4.74 Å². The molecule has 1 aliphatic heterocycles. The Morgan fingerprint density at radius 1 is 1.14 bits per heavy atom. The lowest BCUT2D eigenvalue weighted by molar-refractivity contribution is -0.143. The number of ether oxygens (including phenoxy) is 1. The molecule has 4 nitrogen and oxygen atoms in total. The molecular formula is C24H23NO3S. The number of hydrogen-bond donors (Lipinski definition) is 0. The third-order valence-corrected chi connectivity index (χ3v) is 7.26. The van der Waals surface area contributed by atoms with Gasteiger partial charge in [-0.2, -0.15) is 0 Å². The van der Waals surface area contributed by atoms with E-state index in [-0.39, 0.29) is 11.5 Å². The molecule has 0 amide bonds. The maximum Gasteiger partial charge on any atom is 0.329 e. The van der Waals surface area contributed by atoms with E-state index in [2.05, 4.69) is 43.3 Å². The van der Waals surface area contributed by atoms with Gasteiger partial charge in [-0.25, -0.2) is 4.79 Å². The zero-order valence-corrected chi connectivity index (χ0v) is 17.4. The van der Waals surface area contributed by atoms with Crippen LogP contribution in [-0.2, 0) is 16.0 Å². The highest BCUT2D eigenvalue weighted by Gasteiger charge is 2.38. The monoisotopic (exact) mass is 405 g/mol. The Balaban J connectivity index is 1.65. The molecule has 0 bridgehead atoms. The van der Waals surface area contributed by atoms with E-state index in [9.17, 15) is 9.59 Å². The molecule has 1 aliphatic carbocycles. The molecular weight excluding hydrogens is 382 g/mol. The predicted molar refractivity (Wildman–Crippen MR) is 116 cm³/mol. The second-order valence-electron chi connectivity index (χ2n) is 7.98. The normalized spacial score (nSPS) is 18.1. The van der Waals surface area contributed by atoms with Crippen LogP contribution in [0.1, 0.15) is 47.1 Å². The number of benzene rings is 2. The molecule has 3 aromatic rings. The van der Waals surface area contributed by atoms with E-state index in [0.717, 1.165) is 29.9 Å². The average molecular weight is 406 g/mol. The van der Waals surface area contributed by atoms with E-state index in [1.54, 1.807) is 22.4 Å². The van der Waals surface area contributed by atoms with Crippen LogP contribution in [0.5, 0.6) is 0 Å². The van der Waals surface area contributed by atoms with Gasteiger partial charge in [0.1, 0.15) is 6.04 Å². The number of aryl methyl sites for hydroxylation is 1. The van der Waals surface area contributed by atoms with Crippen molar-refractivity contribution < 1.29 is 9.53 Å². The van der Waals surface area contributed by atoms with Crippen LogP contribution in [0.15, 0.2) is 52.3 Å². The average Bonchev–Trinajstić information content (AvgIpc) is 3.47. The van der Waals surface area contributed by atoms with Gasteiger partial charge in [0, 0.05) is 11.8 Å². The molecule has 2 heterocycles. The minimum Gasteiger partial charge on any atom is -0.467 e. The number of thioether (sulfide) groups is 1. The lowest BCUT2D eigenvalue weighted by atomic mass is 9.93. The Morgan fingerprint density at radius 2 is 1.90 bits per heavy atom. The van der Waals surface area contributed by atoms with Crippen LogP contribution in [0.25, 0.3) is 10.8 Å². The van der Waals surface area contributed by atoms with Gasteiger partial charge in [-0.15, -0.1) is 11.8 Å². The molecule has 1 fully saturated rings. The number of rotatable bonds is 4. The van der Waals surface area contributed by atoms with E-state index in [1.807, 2.05) is 0 Å². The lowest BCUT2D eigenvalue weighted by Gasteiger charge is -2.18. The molecule has 2 aliphatic rings. The molecule has 0 spiro atoms. The van der Waals surface area contributed by atoms with Crippen molar-refractivity contribution in [3.63, 3.8) is 0 Å². The van der Waals surface area contributed by atoms with E-state index >= 15 is 0 Å². The standard InChI is InChI=1S/C24H23NO3S/c1-14-7-8-16(19-6-4-3-5-18(14)19)11-17-12-21(26)25-20(24(27)28-2)13-29-23(25)22(17)15-9-10-15/h3-8,12,15,20H,9-11,13H2,1-2H3. The fourth-order valence-corrected chi connectivity index (χ4v) is 5.88. The fraction of sp³-hybridized carbons (Fsp3) is 0.333. The van der Waals surface area contributed by atoms with Crippen molar-refractivity contribution >= 4 is 28.5 Å². The number of nitrogens with zero attached hydrogens (tertiary/aromatic N) is 1. The zero-order valence-electron chi connectivity index (χ0n) is 16.6. The summed E-state index contributed by atoms with van der Waals surface area (Å²) in [5.74, 6) is 0.725. The van der Waals surface area contributed by atoms with Crippen LogP contribution in [-0.4, -0.2) is 23.4 Å². The van der Waals surface area contributed by atoms with Gasteiger partial charge in [0.25, 0.3) is 5.56 Å². The van der Waals surface area contributed by atoms with E-state index < -0.39 is 6.04 Å². The van der Waals surface area contributed by atoms with Gasteiger partial charge in [-0.05, 0) is 65.1 Å². The molecule has 29 heavy (non-hydrogen) atoms. The maximum atomic E-state index is 13.0. The topological polar surface area (TPSA) is 48.3 Å². The second-order valence-corrected chi connectivity index (χ2v) is 8.99. The number of pyridine rings is 1. The largest absolute Gasteiger partial charge is 0.467 e. The number of esters is 1. The first-order valence-electron chi connectivity index (χ1n) is 10.0. The zero-order chi connectivity index (χ0) is 20.1. The highest BCUT2D eigenvalue weighted by Crippen LogP contribution is 2.48. The van der Waals surface area contributed by atoms with Crippen molar-refractivity contribution in [2.75, 3.05) is 12.9 Å². The van der Waals surface area contributed by atoms with E-state index in [1.165, 1.54) is 34.6 Å². The molecule has 1 atom stereocenters. The van der Waals surface area contributed by atoms with Gasteiger partial charge in [0.05, 0.1) is 12.1 Å². The van der Waals surface area contributed by atoms with E-state index in [0.29, 0.717) is 11.7 Å². The molecule has 0 radical (unpaired) electrons. The van der Waals surface area contributed by atoms with Crippen molar-refractivity contribution in [2.45, 2.75) is 43.2 Å². The number of hydrogen-bond acceptors (Lipinski definition) is 4. The summed E-state index contributed by atoms with van der Waals surface area (Å²) in [6.07, 6.45) is 3.03. The van der Waals surface area contributed by atoms with Gasteiger partial charge >= 0.3 is 5.97 Å². The van der Waals surface area contributed by atoms with Crippen molar-refractivity contribution in [2.24, 2.45) is 0 Å². The second kappa shape index (κ2) is 7.06. The molecule has 0 N–H and O–H groups in total. The first-order chi connectivity index (χ1) is 14.1. The number of carbonyl (C=O) groups is 1. The molecule has 5 heteroatoms. The third kappa shape index (κ3) is 3.08. The summed E-state index contributed by atoms with van der Waals surface area (Å²) >= 11 is 1.62. The Morgan fingerprint density at radius 3 is 2.62 bits per heavy atom. The number of aromatic nitrogens is 1. The van der Waals surface area contributed by atoms with Crippen LogP contribution >= 0.6 is 11.8 Å². The smallest absolute Gasteiger partial charge is 0.329 e. The summed E-state index contributed by atoms with van der Waals surface area (Å²) in [7, 11) is 1.38. The summed E-state index contributed by atoms with van der Waals surface area (Å²) in [4.78, 5) is 25.2. The quantitative estimate of drug-likeness (QED) is 0.596. The Kier molecular flexibility index (Phi) is 4.50. The summed E-state index contributed by atoms with van der Waals surface area (Å²) in [6.45, 7) is 2.13. The highest BCUT2D eigenvalue weighted by molar-refractivity contribution is 7.99. The Hall–Kier alpha value is -2.53. The van der Waals surface area contributed by atoms with Gasteiger partial charge in [-0.1, -0.05) is 36.4 Å². The highest BCUT2D eigenvalue weighted by atomic mass is 32.2. The first kappa shape index (κ1) is 18.5. The van der Waals surface area contributed by atoms with Crippen LogP contribution in [0.4, 0.5) is 0 Å². The van der Waals surface area contributed by atoms with Crippen molar-refractivity contribution in [1.82, 2.24) is 4.57 Å². The summed E-state index contributed by atoms with van der Waals surface area (Å²) in [5.41, 5.74) is 4.78. The minimum absolute atomic E-state index is 0.101. The van der Waals surface area contributed by atoms with Crippen LogP contribution < -0.4 is 5.56 Å². The Labute approximate surface area is 173 Å². The van der Waals surface area contributed by atoms with Crippen LogP contribution in [0.3, 0.4) is 0 Å². The third-order valence-electron chi connectivity index (χ3n) is 6.09. The van der Waals surface area contributed by atoms with Crippen molar-refractivity contribution in [1.29, 1.82) is 0 Å². The lowest BCUT2D eigenvalue weighted by Crippen LogP contribution is -2.30. The SMILES string of the molecule is COC(=O)C1CSc2c(C3CC3)c(Cc3ccc(C)c4ccccc34)cc(=O)n21. The molecule has 5 rings (SSSR count). The number of fused-ring (bicyclic) bond motifs is 2. The number of carbonyl (C=O) groups excluding carboxylic acids is 1. The molecule has 148 valence electrons. The molecule has 2 aromatic carbocycles. The van der Waals surface area contributed by atoms with Gasteiger partial charge in [0.2, 0.25) is 0 Å². The Bertz CT molecular complexity index is 1190. The van der Waals surface area contributed by atoms with Crippen molar-refractivity contribution in [3.8, 4) is 0 Å². The summed E-state index contributed by atoms with van der Waals surface area (Å²) < 4.78 is 6.60. The first-order valence-corrected chi connectivity index (χ1v) is 11.0. The predicted octanol–water partition coefficient (Wildman–Crippen LogP) is 4.60. The van der Waals surface area contributed by atoms with Crippen LogP contribution in [0.2, 0.25) is 0 Å². The molecule has 1 aromatic heterocycles. The maximum absolute atomic E-state index is 13.0. The number of methoxy groups -OCH3 is 1. The van der Waals surface area contributed by atoms with Gasteiger partial charge in [-0.3, -0.25) is 9.36 Å². The summed E-state index contributed by atoms with van der Waals surface area (Å²) in [5, 5.41) is 3.48. The molecule has 0 saturated heterocycles. The van der Waals surface area contributed by atoms with Gasteiger partial charge in [0.15, 0.2) is 0 Å². The summed E-state index contributed by atoms with van der Waals surface area (Å²) in [6, 6.07) is 14.1. The molecule has 1 saturated carbocycles. The molecule has 1 unspecified atom stereocenters. The van der Waals surface area contributed by atoms with Crippen LogP contribution in [0, 0.1) is 6.92 Å². The minimum atomic E-state index is -0.515. The van der Waals surface area contributed by atoms with Crippen molar-refractivity contribution in [3.05, 3.63) is 75.1 Å². The fourth-order valence-electron chi connectivity index (χ4n) is 4.47.